The van der Waals surface area contributed by atoms with Gasteiger partial charge in [0.25, 0.3) is 0 Å². The van der Waals surface area contributed by atoms with E-state index in [4.69, 9.17) is 0 Å². The largest absolute Gasteiger partial charge is 0.301 e. The average molecular weight is 435 g/mol. The molecule has 2 heterocycles. The molecule has 0 aromatic heterocycles. The Kier molecular flexibility index (Phi) is 5.33. The highest BCUT2D eigenvalue weighted by Gasteiger charge is 2.38. The molecule has 2 aromatic rings. The van der Waals surface area contributed by atoms with E-state index in [0.29, 0.717) is 11.0 Å². The van der Waals surface area contributed by atoms with E-state index < -0.39 is 9.84 Å². The van der Waals surface area contributed by atoms with Crippen LogP contribution in [0.2, 0.25) is 0 Å². The van der Waals surface area contributed by atoms with Crippen molar-refractivity contribution in [2.45, 2.75) is 24.3 Å². The van der Waals surface area contributed by atoms with Crippen molar-refractivity contribution in [1.29, 1.82) is 0 Å². The molecule has 160 valence electrons. The van der Waals surface area contributed by atoms with Gasteiger partial charge in [-0.1, -0.05) is 61.5 Å². The van der Waals surface area contributed by atoms with Crippen molar-refractivity contribution in [2.24, 2.45) is 10.2 Å². The van der Waals surface area contributed by atoms with Gasteiger partial charge in [0, 0.05) is 37.1 Å². The molecule has 2 aliphatic heterocycles. The molecule has 1 saturated heterocycles. The summed E-state index contributed by atoms with van der Waals surface area (Å²) in [6.07, 6.45) is 7.03. The number of piperazine rings is 1. The van der Waals surface area contributed by atoms with Crippen LogP contribution < -0.4 is 0 Å². The van der Waals surface area contributed by atoms with Gasteiger partial charge in [-0.05, 0) is 24.4 Å². The van der Waals surface area contributed by atoms with Crippen LogP contribution in [-0.4, -0.2) is 67.7 Å². The lowest BCUT2D eigenvalue weighted by Crippen LogP contribution is -2.52. The van der Waals surface area contributed by atoms with E-state index in [2.05, 4.69) is 33.0 Å². The number of fused-ring (bicyclic) bond motifs is 2. The number of rotatable bonds is 4. The Bertz CT molecular complexity index is 1230. The van der Waals surface area contributed by atoms with Crippen molar-refractivity contribution in [3.05, 3.63) is 66.3 Å². The monoisotopic (exact) mass is 434 g/mol. The van der Waals surface area contributed by atoms with E-state index in [0.717, 1.165) is 50.2 Å². The zero-order valence-corrected chi connectivity index (χ0v) is 18.4. The lowest BCUT2D eigenvalue weighted by molar-refractivity contribution is 0.129. The van der Waals surface area contributed by atoms with Crippen LogP contribution in [0.15, 0.2) is 81.4 Å². The zero-order valence-electron chi connectivity index (χ0n) is 17.6. The molecule has 0 radical (unpaired) electrons. The fraction of sp³-hybridized carbons (Fsp3) is 0.333. The Hall–Kier alpha value is -2.61. The number of nitrogens with zero attached hydrogens (tertiary/aromatic N) is 4. The first-order chi connectivity index (χ1) is 15.1. The highest BCUT2D eigenvalue weighted by Crippen LogP contribution is 2.31. The van der Waals surface area contributed by atoms with E-state index in [1.54, 1.807) is 12.1 Å². The van der Waals surface area contributed by atoms with Crippen LogP contribution in [0.1, 0.15) is 13.3 Å². The maximum absolute atomic E-state index is 13.6. The fourth-order valence-corrected chi connectivity index (χ4v) is 6.20. The Morgan fingerprint density at radius 2 is 1.77 bits per heavy atom. The Balaban J connectivity index is 1.42. The Morgan fingerprint density at radius 1 is 1.00 bits per heavy atom. The Morgan fingerprint density at radius 3 is 2.58 bits per heavy atom. The summed E-state index contributed by atoms with van der Waals surface area (Å²) in [6, 6.07) is 12.8. The molecule has 31 heavy (non-hydrogen) atoms. The summed E-state index contributed by atoms with van der Waals surface area (Å²) in [4.78, 5) is 5.13. The lowest BCUT2D eigenvalue weighted by Gasteiger charge is -2.38. The smallest absolute Gasteiger partial charge is 0.226 e. The van der Waals surface area contributed by atoms with Gasteiger partial charge in [-0.2, -0.15) is 5.10 Å². The maximum atomic E-state index is 13.6. The van der Waals surface area contributed by atoms with Crippen LogP contribution in [0.5, 0.6) is 0 Å². The van der Waals surface area contributed by atoms with Crippen LogP contribution in [0.25, 0.3) is 10.8 Å². The lowest BCUT2D eigenvalue weighted by atomic mass is 9.97. The minimum absolute atomic E-state index is 0.0345. The molecule has 7 heteroatoms. The Labute approximate surface area is 183 Å². The zero-order chi connectivity index (χ0) is 21.4. The predicted molar refractivity (Wildman–Crippen MR) is 125 cm³/mol. The van der Waals surface area contributed by atoms with Gasteiger partial charge in [-0.15, -0.1) is 5.10 Å². The standard InChI is InChI=1S/C24H26N4O2S/c1-2-13-27-14-16-28(17-15-27)21-11-6-10-20-23(21)25-26-24(20)31(29,30)22-12-5-8-18-7-3-4-9-19(18)22/h3-12,21H,2,13-17H2,1H3. The third kappa shape index (κ3) is 3.56. The molecular formula is C24H26N4O2S. The van der Waals surface area contributed by atoms with Crippen LogP contribution >= 0.6 is 0 Å². The molecule has 1 aliphatic carbocycles. The van der Waals surface area contributed by atoms with Crippen molar-refractivity contribution in [2.75, 3.05) is 32.7 Å². The molecule has 0 bridgehead atoms. The second kappa shape index (κ2) is 8.15. The van der Waals surface area contributed by atoms with Gasteiger partial charge in [0.15, 0.2) is 5.04 Å². The molecule has 0 saturated carbocycles. The van der Waals surface area contributed by atoms with Gasteiger partial charge in [0.2, 0.25) is 9.84 Å². The van der Waals surface area contributed by atoms with Crippen LogP contribution in [-0.2, 0) is 9.84 Å². The molecule has 5 rings (SSSR count). The van der Waals surface area contributed by atoms with Gasteiger partial charge < -0.3 is 4.90 Å². The number of hydrogen-bond acceptors (Lipinski definition) is 6. The molecule has 1 fully saturated rings. The van der Waals surface area contributed by atoms with Crippen molar-refractivity contribution < 1.29 is 8.42 Å². The quantitative estimate of drug-likeness (QED) is 0.741. The molecule has 6 nitrogen and oxygen atoms in total. The van der Waals surface area contributed by atoms with Gasteiger partial charge >= 0.3 is 0 Å². The second-order valence-corrected chi connectivity index (χ2v) is 9.99. The van der Waals surface area contributed by atoms with Crippen molar-refractivity contribution in [3.63, 3.8) is 0 Å². The molecule has 3 aliphatic rings. The number of hydrogen-bond donors (Lipinski definition) is 0. The van der Waals surface area contributed by atoms with Crippen molar-refractivity contribution >= 4 is 31.4 Å². The van der Waals surface area contributed by atoms with E-state index >= 15 is 0 Å². The SMILES string of the molecule is CCCN1CCN(C2C=CC=C3C2=NN=C3S(=O)(=O)c2cccc3ccccc23)CC1. The minimum Gasteiger partial charge on any atom is -0.301 e. The van der Waals surface area contributed by atoms with Crippen LogP contribution in [0.3, 0.4) is 0 Å². The average Bonchev–Trinajstić information content (AvgIpc) is 3.25. The molecular weight excluding hydrogens is 408 g/mol. The topological polar surface area (TPSA) is 65.3 Å². The van der Waals surface area contributed by atoms with Gasteiger partial charge in [-0.25, -0.2) is 8.42 Å². The van der Waals surface area contributed by atoms with Crippen molar-refractivity contribution in [1.82, 2.24) is 9.80 Å². The number of sulfone groups is 1. The molecule has 0 amide bonds. The summed E-state index contributed by atoms with van der Waals surface area (Å²) in [5.41, 5.74) is 1.36. The summed E-state index contributed by atoms with van der Waals surface area (Å²) < 4.78 is 27.2. The third-order valence-electron chi connectivity index (χ3n) is 6.23. The van der Waals surface area contributed by atoms with Crippen LogP contribution in [0.4, 0.5) is 0 Å². The molecule has 2 aromatic carbocycles. The highest BCUT2D eigenvalue weighted by atomic mass is 32.2. The van der Waals surface area contributed by atoms with Crippen molar-refractivity contribution in [3.8, 4) is 0 Å². The van der Waals surface area contributed by atoms with Crippen LogP contribution in [0, 0.1) is 0 Å². The molecule has 1 atom stereocenters. The van der Waals surface area contributed by atoms with Gasteiger partial charge in [0.1, 0.15) is 0 Å². The van der Waals surface area contributed by atoms with Gasteiger partial charge in [-0.3, -0.25) is 4.90 Å². The van der Waals surface area contributed by atoms with E-state index in [1.165, 1.54) is 0 Å². The van der Waals surface area contributed by atoms with E-state index in [9.17, 15) is 8.42 Å². The molecule has 1 unspecified atom stereocenters. The number of allylic oxidation sites excluding steroid dienone is 2. The fourth-order valence-electron chi connectivity index (χ4n) is 4.65. The number of benzene rings is 2. The normalized spacial score (nSPS) is 22.2. The third-order valence-corrected chi connectivity index (χ3v) is 7.97. The first kappa shape index (κ1) is 20.3. The summed E-state index contributed by atoms with van der Waals surface area (Å²) in [5, 5.41) is 10.2. The minimum atomic E-state index is -3.80. The summed E-state index contributed by atoms with van der Waals surface area (Å²) in [7, 11) is -3.80. The summed E-state index contributed by atoms with van der Waals surface area (Å²) in [6.45, 7) is 7.24. The second-order valence-electron chi connectivity index (χ2n) is 8.16. The first-order valence-electron chi connectivity index (χ1n) is 10.8. The van der Waals surface area contributed by atoms with E-state index in [-0.39, 0.29) is 16.0 Å². The predicted octanol–water partition coefficient (Wildman–Crippen LogP) is 3.27. The summed E-state index contributed by atoms with van der Waals surface area (Å²) in [5.74, 6) is 0. The molecule has 0 N–H and O–H groups in total. The summed E-state index contributed by atoms with van der Waals surface area (Å²) >= 11 is 0. The van der Waals surface area contributed by atoms with E-state index in [1.807, 2.05) is 42.5 Å². The molecule has 0 spiro atoms. The highest BCUT2D eigenvalue weighted by molar-refractivity contribution is 8.07. The van der Waals surface area contributed by atoms with Gasteiger partial charge in [0.05, 0.1) is 16.6 Å². The first-order valence-corrected chi connectivity index (χ1v) is 12.3. The maximum Gasteiger partial charge on any atom is 0.226 e.